The Morgan fingerprint density at radius 1 is 1.19 bits per heavy atom. The van der Waals surface area contributed by atoms with Gasteiger partial charge in [0.05, 0.1) is 0 Å². The molecule has 0 fully saturated rings. The smallest absolute Gasteiger partial charge is 0.242 e. The van der Waals surface area contributed by atoms with Gasteiger partial charge < -0.3 is 5.43 Å². The first-order valence-electron chi connectivity index (χ1n) is 5.67. The number of nitrogens with one attached hydrogen (secondary N) is 2. The molecule has 4 heteroatoms. The molecule has 0 atom stereocenters. The fourth-order valence-electron chi connectivity index (χ4n) is 1.44. The highest BCUT2D eigenvalue weighted by molar-refractivity contribution is 5.26. The second-order valence-corrected chi connectivity index (χ2v) is 3.75. The summed E-state index contributed by atoms with van der Waals surface area (Å²) >= 11 is 0. The third-order valence-electron chi connectivity index (χ3n) is 2.35. The van der Waals surface area contributed by atoms with Crippen LogP contribution in [0.2, 0.25) is 0 Å². The Hall–Kier alpha value is -1.58. The maximum atomic E-state index is 4.27. The summed E-state index contributed by atoms with van der Waals surface area (Å²) in [4.78, 5) is 8.54. The van der Waals surface area contributed by atoms with E-state index in [1.165, 1.54) is 5.57 Å². The summed E-state index contributed by atoms with van der Waals surface area (Å²) in [5.41, 5.74) is 9.29. The first-order valence-corrected chi connectivity index (χ1v) is 5.67. The van der Waals surface area contributed by atoms with Crippen molar-refractivity contribution in [2.75, 3.05) is 5.43 Å². The molecule has 0 aliphatic rings. The predicted molar refractivity (Wildman–Crippen MR) is 66.9 cm³/mol. The SMILES string of the molecule is CCC(=CNNc1nc(C)cc(C)n1)CC. The minimum absolute atomic E-state index is 0.611. The second-order valence-electron chi connectivity index (χ2n) is 3.75. The van der Waals surface area contributed by atoms with Crippen molar-refractivity contribution >= 4 is 5.95 Å². The summed E-state index contributed by atoms with van der Waals surface area (Å²) in [5.74, 6) is 0.611. The maximum absolute atomic E-state index is 4.27. The molecular formula is C12H20N4. The molecule has 0 amide bonds. The molecule has 1 heterocycles. The Morgan fingerprint density at radius 3 is 2.25 bits per heavy atom. The zero-order valence-corrected chi connectivity index (χ0v) is 10.5. The Kier molecular flexibility index (Phi) is 4.76. The minimum atomic E-state index is 0.611. The first-order chi connectivity index (χ1) is 7.65. The highest BCUT2D eigenvalue weighted by Crippen LogP contribution is 2.04. The third-order valence-corrected chi connectivity index (χ3v) is 2.35. The summed E-state index contributed by atoms with van der Waals surface area (Å²) in [6.07, 6.45) is 4.08. The third kappa shape index (κ3) is 3.88. The Bertz CT molecular complexity index is 345. The Labute approximate surface area is 97.2 Å². The van der Waals surface area contributed by atoms with Gasteiger partial charge in [-0.3, -0.25) is 5.43 Å². The van der Waals surface area contributed by atoms with Gasteiger partial charge in [0.1, 0.15) is 0 Å². The van der Waals surface area contributed by atoms with Gasteiger partial charge in [-0.1, -0.05) is 19.4 Å². The molecule has 1 rings (SSSR count). The van der Waals surface area contributed by atoms with Gasteiger partial charge in [0, 0.05) is 17.6 Å². The quantitative estimate of drug-likeness (QED) is 0.749. The van der Waals surface area contributed by atoms with Gasteiger partial charge in [-0.05, 0) is 32.8 Å². The van der Waals surface area contributed by atoms with E-state index in [0.717, 1.165) is 24.2 Å². The number of hydrogen-bond donors (Lipinski definition) is 2. The standard InChI is InChI=1S/C12H20N4/c1-5-11(6-2)8-13-16-12-14-9(3)7-10(4)15-12/h7-8,13H,5-6H2,1-4H3,(H,14,15,16). The molecule has 88 valence electrons. The Balaban J connectivity index is 2.57. The number of aromatic nitrogens is 2. The van der Waals surface area contributed by atoms with E-state index >= 15 is 0 Å². The molecule has 0 radical (unpaired) electrons. The Morgan fingerprint density at radius 2 is 1.75 bits per heavy atom. The van der Waals surface area contributed by atoms with Crippen LogP contribution in [0.1, 0.15) is 38.1 Å². The van der Waals surface area contributed by atoms with Crippen molar-refractivity contribution in [2.24, 2.45) is 0 Å². The number of hydrogen-bond acceptors (Lipinski definition) is 4. The van der Waals surface area contributed by atoms with Crippen molar-refractivity contribution in [3.8, 4) is 0 Å². The van der Waals surface area contributed by atoms with E-state index in [9.17, 15) is 0 Å². The summed E-state index contributed by atoms with van der Waals surface area (Å²) in [6.45, 7) is 8.20. The van der Waals surface area contributed by atoms with Crippen LogP contribution < -0.4 is 10.9 Å². The van der Waals surface area contributed by atoms with Gasteiger partial charge in [0.25, 0.3) is 0 Å². The van der Waals surface area contributed by atoms with Crippen LogP contribution in [0.4, 0.5) is 5.95 Å². The lowest BCUT2D eigenvalue weighted by atomic mass is 10.2. The van der Waals surface area contributed by atoms with Crippen molar-refractivity contribution < 1.29 is 0 Å². The van der Waals surface area contributed by atoms with Crippen LogP contribution >= 0.6 is 0 Å². The van der Waals surface area contributed by atoms with Crippen LogP contribution in [0.5, 0.6) is 0 Å². The summed E-state index contributed by atoms with van der Waals surface area (Å²) in [6, 6.07) is 1.95. The number of allylic oxidation sites excluding steroid dienone is 1. The van der Waals surface area contributed by atoms with E-state index in [2.05, 4.69) is 34.7 Å². The van der Waals surface area contributed by atoms with E-state index in [4.69, 9.17) is 0 Å². The second kappa shape index (κ2) is 6.10. The number of nitrogens with zero attached hydrogens (tertiary/aromatic N) is 2. The molecule has 1 aromatic heterocycles. The van der Waals surface area contributed by atoms with E-state index in [1.54, 1.807) is 0 Å². The first kappa shape index (κ1) is 12.5. The number of hydrazine groups is 1. The lowest BCUT2D eigenvalue weighted by Crippen LogP contribution is -2.18. The molecule has 0 aliphatic heterocycles. The fraction of sp³-hybridized carbons (Fsp3) is 0.500. The van der Waals surface area contributed by atoms with Crippen LogP contribution in [0, 0.1) is 13.8 Å². The number of anilines is 1. The molecule has 2 N–H and O–H groups in total. The lowest BCUT2D eigenvalue weighted by molar-refractivity contribution is 0.904. The van der Waals surface area contributed by atoms with Crippen LogP contribution in [-0.2, 0) is 0 Å². The van der Waals surface area contributed by atoms with Crippen molar-refractivity contribution in [1.29, 1.82) is 0 Å². The predicted octanol–water partition coefficient (Wildman–Crippen LogP) is 2.71. The topological polar surface area (TPSA) is 49.8 Å². The summed E-state index contributed by atoms with van der Waals surface area (Å²) in [5, 5.41) is 0. The van der Waals surface area contributed by atoms with Crippen molar-refractivity contribution in [2.45, 2.75) is 40.5 Å². The summed E-state index contributed by atoms with van der Waals surface area (Å²) in [7, 11) is 0. The molecule has 0 saturated heterocycles. The fourth-order valence-corrected chi connectivity index (χ4v) is 1.44. The molecule has 0 unspecified atom stereocenters. The van der Waals surface area contributed by atoms with Gasteiger partial charge in [0.15, 0.2) is 0 Å². The maximum Gasteiger partial charge on any atom is 0.242 e. The highest BCUT2D eigenvalue weighted by Gasteiger charge is 1.97. The zero-order chi connectivity index (χ0) is 12.0. The van der Waals surface area contributed by atoms with Gasteiger partial charge >= 0.3 is 0 Å². The molecule has 0 saturated carbocycles. The van der Waals surface area contributed by atoms with Gasteiger partial charge in [-0.25, -0.2) is 9.97 Å². The molecule has 16 heavy (non-hydrogen) atoms. The average Bonchev–Trinajstić information content (AvgIpc) is 2.23. The van der Waals surface area contributed by atoms with Crippen LogP contribution in [0.15, 0.2) is 17.8 Å². The summed E-state index contributed by atoms with van der Waals surface area (Å²) < 4.78 is 0. The molecule has 0 aromatic carbocycles. The van der Waals surface area contributed by atoms with E-state index in [0.29, 0.717) is 5.95 Å². The van der Waals surface area contributed by atoms with Crippen LogP contribution in [0.25, 0.3) is 0 Å². The molecule has 0 spiro atoms. The normalized spacial score (nSPS) is 9.75. The monoisotopic (exact) mass is 220 g/mol. The molecule has 0 bridgehead atoms. The van der Waals surface area contributed by atoms with Gasteiger partial charge in [-0.2, -0.15) is 0 Å². The molecule has 4 nitrogen and oxygen atoms in total. The molecular weight excluding hydrogens is 200 g/mol. The van der Waals surface area contributed by atoms with E-state index < -0.39 is 0 Å². The lowest BCUT2D eigenvalue weighted by Gasteiger charge is -2.07. The minimum Gasteiger partial charge on any atom is -0.306 e. The van der Waals surface area contributed by atoms with Gasteiger partial charge in [-0.15, -0.1) is 0 Å². The van der Waals surface area contributed by atoms with E-state index in [1.807, 2.05) is 26.1 Å². The number of aryl methyl sites for hydroxylation is 2. The highest BCUT2D eigenvalue weighted by atomic mass is 15.4. The molecule has 0 aliphatic carbocycles. The molecule has 1 aromatic rings. The van der Waals surface area contributed by atoms with Gasteiger partial charge in [0.2, 0.25) is 5.95 Å². The van der Waals surface area contributed by atoms with Crippen molar-refractivity contribution in [3.63, 3.8) is 0 Å². The van der Waals surface area contributed by atoms with Crippen LogP contribution in [-0.4, -0.2) is 9.97 Å². The van der Waals surface area contributed by atoms with Crippen molar-refractivity contribution in [3.05, 3.63) is 29.2 Å². The van der Waals surface area contributed by atoms with E-state index in [-0.39, 0.29) is 0 Å². The number of rotatable bonds is 5. The largest absolute Gasteiger partial charge is 0.306 e. The zero-order valence-electron chi connectivity index (χ0n) is 10.5. The van der Waals surface area contributed by atoms with Crippen LogP contribution in [0.3, 0.4) is 0 Å². The van der Waals surface area contributed by atoms with Crippen molar-refractivity contribution in [1.82, 2.24) is 15.4 Å². The average molecular weight is 220 g/mol.